The van der Waals surface area contributed by atoms with Crippen LogP contribution in [0, 0.1) is 0 Å². The van der Waals surface area contributed by atoms with Crippen molar-refractivity contribution in [1.29, 1.82) is 0 Å². The predicted molar refractivity (Wildman–Crippen MR) is 63.9 cm³/mol. The molecule has 2 aromatic rings. The van der Waals surface area contributed by atoms with E-state index in [0.29, 0.717) is 5.82 Å². The van der Waals surface area contributed by atoms with Gasteiger partial charge in [-0.25, -0.2) is 0 Å². The molecule has 1 aromatic heterocycles. The van der Waals surface area contributed by atoms with Gasteiger partial charge in [0.05, 0.1) is 7.11 Å². The summed E-state index contributed by atoms with van der Waals surface area (Å²) in [5, 5.41) is 0. The first kappa shape index (κ1) is 10.8. The van der Waals surface area contributed by atoms with Gasteiger partial charge >= 0.3 is 6.01 Å². The number of halogens is 1. The second-order valence-corrected chi connectivity index (χ2v) is 3.93. The zero-order valence-electron chi connectivity index (χ0n) is 8.51. The SMILES string of the molecule is COc1nc(N)nc(-c2ccc(Br)cc2)n1. The Labute approximate surface area is 101 Å². The molecule has 82 valence electrons. The molecule has 2 N–H and O–H groups in total. The van der Waals surface area contributed by atoms with Gasteiger partial charge in [0.25, 0.3) is 0 Å². The fraction of sp³-hybridized carbons (Fsp3) is 0.100. The minimum Gasteiger partial charge on any atom is -0.467 e. The van der Waals surface area contributed by atoms with E-state index in [0.717, 1.165) is 10.0 Å². The summed E-state index contributed by atoms with van der Waals surface area (Å²) in [6.07, 6.45) is 0. The Morgan fingerprint density at radius 1 is 1.12 bits per heavy atom. The quantitative estimate of drug-likeness (QED) is 0.909. The zero-order chi connectivity index (χ0) is 11.5. The monoisotopic (exact) mass is 280 g/mol. The van der Waals surface area contributed by atoms with Crippen molar-refractivity contribution in [2.45, 2.75) is 0 Å². The number of ether oxygens (including phenoxy) is 1. The Morgan fingerprint density at radius 2 is 1.81 bits per heavy atom. The number of aromatic nitrogens is 3. The molecule has 0 radical (unpaired) electrons. The molecule has 0 atom stereocenters. The van der Waals surface area contributed by atoms with Crippen LogP contribution in [0.3, 0.4) is 0 Å². The summed E-state index contributed by atoms with van der Waals surface area (Å²) in [5.41, 5.74) is 6.41. The molecule has 0 amide bonds. The van der Waals surface area contributed by atoms with E-state index in [-0.39, 0.29) is 12.0 Å². The van der Waals surface area contributed by atoms with Crippen molar-refractivity contribution in [3.05, 3.63) is 28.7 Å². The lowest BCUT2D eigenvalue weighted by Crippen LogP contribution is -2.02. The number of nitrogens with zero attached hydrogens (tertiary/aromatic N) is 3. The van der Waals surface area contributed by atoms with E-state index in [9.17, 15) is 0 Å². The Bertz CT molecular complexity index is 501. The maximum Gasteiger partial charge on any atom is 0.321 e. The van der Waals surface area contributed by atoms with Crippen molar-refractivity contribution in [2.24, 2.45) is 0 Å². The lowest BCUT2D eigenvalue weighted by molar-refractivity contribution is 0.379. The molecule has 16 heavy (non-hydrogen) atoms. The molecule has 0 saturated carbocycles. The first-order chi connectivity index (χ1) is 7.69. The summed E-state index contributed by atoms with van der Waals surface area (Å²) in [4.78, 5) is 12.0. The Morgan fingerprint density at radius 3 is 2.44 bits per heavy atom. The van der Waals surface area contributed by atoms with Gasteiger partial charge in [0.2, 0.25) is 5.95 Å². The summed E-state index contributed by atoms with van der Waals surface area (Å²) in [6.45, 7) is 0. The predicted octanol–water partition coefficient (Wildman–Crippen LogP) is 1.89. The Balaban J connectivity index is 2.47. The van der Waals surface area contributed by atoms with Crippen molar-refractivity contribution in [1.82, 2.24) is 15.0 Å². The topological polar surface area (TPSA) is 73.9 Å². The van der Waals surface area contributed by atoms with Gasteiger partial charge in [-0.1, -0.05) is 28.1 Å². The molecular formula is C10H9BrN4O. The minimum atomic E-state index is 0.143. The second-order valence-electron chi connectivity index (χ2n) is 3.01. The van der Waals surface area contributed by atoms with E-state index in [1.807, 2.05) is 24.3 Å². The average molecular weight is 281 g/mol. The van der Waals surface area contributed by atoms with E-state index < -0.39 is 0 Å². The number of nitrogen functional groups attached to an aromatic ring is 1. The van der Waals surface area contributed by atoms with Gasteiger partial charge in [-0.2, -0.15) is 15.0 Å². The number of anilines is 1. The third-order valence-electron chi connectivity index (χ3n) is 1.92. The van der Waals surface area contributed by atoms with Gasteiger partial charge < -0.3 is 10.5 Å². The summed E-state index contributed by atoms with van der Waals surface area (Å²) >= 11 is 3.36. The maximum absolute atomic E-state index is 5.55. The molecule has 2 rings (SSSR count). The normalized spacial score (nSPS) is 10.1. The molecule has 0 aliphatic heterocycles. The van der Waals surface area contributed by atoms with Crippen LogP contribution < -0.4 is 10.5 Å². The van der Waals surface area contributed by atoms with E-state index in [2.05, 4.69) is 30.9 Å². The highest BCUT2D eigenvalue weighted by atomic mass is 79.9. The maximum atomic E-state index is 5.55. The van der Waals surface area contributed by atoms with Crippen LogP contribution in [0.1, 0.15) is 0 Å². The molecule has 0 aliphatic rings. The van der Waals surface area contributed by atoms with Crippen molar-refractivity contribution in [3.63, 3.8) is 0 Å². The second kappa shape index (κ2) is 4.44. The highest BCUT2D eigenvalue weighted by Gasteiger charge is 2.06. The Kier molecular flexibility index (Phi) is 3.00. The van der Waals surface area contributed by atoms with E-state index >= 15 is 0 Å². The smallest absolute Gasteiger partial charge is 0.321 e. The molecule has 0 fully saturated rings. The number of nitrogens with two attached hydrogens (primary N) is 1. The summed E-state index contributed by atoms with van der Waals surface area (Å²) in [6, 6.07) is 7.80. The third kappa shape index (κ3) is 2.27. The zero-order valence-corrected chi connectivity index (χ0v) is 10.1. The number of methoxy groups -OCH3 is 1. The fourth-order valence-corrected chi connectivity index (χ4v) is 1.46. The summed E-state index contributed by atoms with van der Waals surface area (Å²) < 4.78 is 5.92. The van der Waals surface area contributed by atoms with Crippen molar-refractivity contribution in [2.75, 3.05) is 12.8 Å². The molecule has 0 saturated heterocycles. The van der Waals surface area contributed by atoms with Gasteiger partial charge in [0.1, 0.15) is 0 Å². The number of hydrogen-bond donors (Lipinski definition) is 1. The van der Waals surface area contributed by atoms with Crippen LogP contribution in [-0.4, -0.2) is 22.1 Å². The highest BCUT2D eigenvalue weighted by molar-refractivity contribution is 9.10. The van der Waals surface area contributed by atoms with E-state index in [1.165, 1.54) is 7.11 Å². The molecule has 0 bridgehead atoms. The molecule has 5 nitrogen and oxygen atoms in total. The standard InChI is InChI=1S/C10H9BrN4O/c1-16-10-14-8(13-9(12)15-10)6-2-4-7(11)5-3-6/h2-5H,1H3,(H2,12,13,14,15). The summed E-state index contributed by atoms with van der Waals surface area (Å²) in [7, 11) is 1.49. The molecule has 0 spiro atoms. The van der Waals surface area contributed by atoms with Crippen LogP contribution in [0.4, 0.5) is 5.95 Å². The first-order valence-electron chi connectivity index (χ1n) is 4.50. The molecule has 1 aromatic carbocycles. The van der Waals surface area contributed by atoms with Crippen LogP contribution in [0.15, 0.2) is 28.7 Å². The molecule has 0 aliphatic carbocycles. The van der Waals surface area contributed by atoms with Crippen molar-refractivity contribution in [3.8, 4) is 17.4 Å². The van der Waals surface area contributed by atoms with E-state index in [4.69, 9.17) is 10.5 Å². The number of rotatable bonds is 2. The Hall–Kier alpha value is -1.69. The van der Waals surface area contributed by atoms with Crippen LogP contribution in [-0.2, 0) is 0 Å². The molecule has 6 heteroatoms. The van der Waals surface area contributed by atoms with Gasteiger partial charge in [-0.15, -0.1) is 0 Å². The van der Waals surface area contributed by atoms with Gasteiger partial charge in [-0.05, 0) is 12.1 Å². The van der Waals surface area contributed by atoms with E-state index in [1.54, 1.807) is 0 Å². The van der Waals surface area contributed by atoms with Crippen LogP contribution in [0.5, 0.6) is 6.01 Å². The van der Waals surface area contributed by atoms with Gasteiger partial charge in [0, 0.05) is 10.0 Å². The lowest BCUT2D eigenvalue weighted by atomic mass is 10.2. The molecule has 0 unspecified atom stereocenters. The number of benzene rings is 1. The van der Waals surface area contributed by atoms with Crippen molar-refractivity contribution >= 4 is 21.9 Å². The van der Waals surface area contributed by atoms with Crippen LogP contribution >= 0.6 is 15.9 Å². The number of hydrogen-bond acceptors (Lipinski definition) is 5. The largest absolute Gasteiger partial charge is 0.467 e. The van der Waals surface area contributed by atoms with Gasteiger partial charge in [-0.3, -0.25) is 0 Å². The van der Waals surface area contributed by atoms with Crippen LogP contribution in [0.2, 0.25) is 0 Å². The highest BCUT2D eigenvalue weighted by Crippen LogP contribution is 2.20. The molecular weight excluding hydrogens is 272 g/mol. The first-order valence-corrected chi connectivity index (χ1v) is 5.30. The minimum absolute atomic E-state index is 0.143. The molecule has 1 heterocycles. The average Bonchev–Trinajstić information content (AvgIpc) is 2.29. The third-order valence-corrected chi connectivity index (χ3v) is 2.45. The summed E-state index contributed by atoms with van der Waals surface area (Å²) in [5.74, 6) is 0.640. The lowest BCUT2D eigenvalue weighted by Gasteiger charge is -2.03. The van der Waals surface area contributed by atoms with Crippen molar-refractivity contribution < 1.29 is 4.74 Å². The fourth-order valence-electron chi connectivity index (χ4n) is 1.19. The van der Waals surface area contributed by atoms with Crippen LogP contribution in [0.25, 0.3) is 11.4 Å². The van der Waals surface area contributed by atoms with Gasteiger partial charge in [0.15, 0.2) is 5.82 Å².